The van der Waals surface area contributed by atoms with Gasteiger partial charge in [0.25, 0.3) is 5.91 Å². The molecule has 1 saturated heterocycles. The molecule has 0 unspecified atom stereocenters. The molecular formula is C20H22N2O3. The number of hydrogen-bond acceptors (Lipinski definition) is 3. The summed E-state index contributed by atoms with van der Waals surface area (Å²) in [4.78, 5) is 26.1. The Morgan fingerprint density at radius 1 is 1.12 bits per heavy atom. The van der Waals surface area contributed by atoms with Gasteiger partial charge in [-0.2, -0.15) is 0 Å². The lowest BCUT2D eigenvalue weighted by Crippen LogP contribution is -2.35. The van der Waals surface area contributed by atoms with Gasteiger partial charge in [-0.25, -0.2) is 0 Å². The van der Waals surface area contributed by atoms with Crippen molar-refractivity contribution in [2.75, 3.05) is 18.6 Å². The molecule has 0 atom stereocenters. The smallest absolute Gasteiger partial charge is 0.251 e. The minimum atomic E-state index is -0.151. The van der Waals surface area contributed by atoms with E-state index in [1.54, 1.807) is 24.1 Å². The number of nitrogens with zero attached hydrogens (tertiary/aromatic N) is 1. The molecule has 1 heterocycles. The molecule has 2 aromatic rings. The van der Waals surface area contributed by atoms with E-state index in [0.717, 1.165) is 36.4 Å². The summed E-state index contributed by atoms with van der Waals surface area (Å²) in [5.41, 5.74) is 2.35. The van der Waals surface area contributed by atoms with Crippen LogP contribution < -0.4 is 15.0 Å². The fraction of sp³-hybridized carbons (Fsp3) is 0.300. The Bertz CT molecular complexity index is 756. The molecule has 0 aromatic heterocycles. The van der Waals surface area contributed by atoms with E-state index < -0.39 is 0 Å². The van der Waals surface area contributed by atoms with E-state index in [9.17, 15) is 9.59 Å². The van der Waals surface area contributed by atoms with Crippen molar-refractivity contribution < 1.29 is 14.3 Å². The van der Waals surface area contributed by atoms with Crippen LogP contribution >= 0.6 is 0 Å². The second-order valence-corrected chi connectivity index (χ2v) is 6.04. The van der Waals surface area contributed by atoms with Gasteiger partial charge in [-0.15, -0.1) is 0 Å². The summed E-state index contributed by atoms with van der Waals surface area (Å²) < 4.78 is 5.29. The Hall–Kier alpha value is -2.82. The standard InChI is InChI=1S/C20H22N2O3/c1-25-18-7-3-2-6-16(18)14-21-20(24)15-9-11-17(12-10-15)22-13-5-4-8-19(22)23/h2-3,6-7,9-12H,4-5,8,13-14H2,1H3,(H,21,24). The molecule has 0 spiro atoms. The van der Waals surface area contributed by atoms with Crippen molar-refractivity contribution in [2.45, 2.75) is 25.8 Å². The lowest BCUT2D eigenvalue weighted by molar-refractivity contribution is -0.119. The average Bonchev–Trinajstić information content (AvgIpc) is 2.67. The van der Waals surface area contributed by atoms with Crippen molar-refractivity contribution in [1.29, 1.82) is 0 Å². The predicted octanol–water partition coefficient (Wildman–Crippen LogP) is 3.14. The van der Waals surface area contributed by atoms with Gasteiger partial charge in [-0.05, 0) is 43.2 Å². The summed E-state index contributed by atoms with van der Waals surface area (Å²) in [5.74, 6) is 0.754. The number of amides is 2. The Morgan fingerprint density at radius 2 is 1.88 bits per heavy atom. The van der Waals surface area contributed by atoms with E-state index in [1.165, 1.54) is 0 Å². The molecule has 5 heteroatoms. The van der Waals surface area contributed by atoms with Gasteiger partial charge in [0.15, 0.2) is 0 Å². The van der Waals surface area contributed by atoms with Crippen LogP contribution in [0.1, 0.15) is 35.2 Å². The van der Waals surface area contributed by atoms with Crippen molar-refractivity contribution in [3.05, 3.63) is 59.7 Å². The predicted molar refractivity (Wildman–Crippen MR) is 96.8 cm³/mol. The molecule has 3 rings (SSSR count). The maximum absolute atomic E-state index is 12.3. The molecule has 5 nitrogen and oxygen atoms in total. The second kappa shape index (κ2) is 7.83. The molecule has 0 bridgehead atoms. The fourth-order valence-electron chi connectivity index (χ4n) is 3.00. The highest BCUT2D eigenvalue weighted by atomic mass is 16.5. The molecule has 1 fully saturated rings. The fourth-order valence-corrected chi connectivity index (χ4v) is 3.00. The van der Waals surface area contributed by atoms with Crippen LogP contribution in [0.2, 0.25) is 0 Å². The maximum atomic E-state index is 12.3. The zero-order chi connectivity index (χ0) is 17.6. The first-order chi connectivity index (χ1) is 12.2. The van der Waals surface area contributed by atoms with Crippen LogP contribution in [-0.4, -0.2) is 25.5 Å². The first kappa shape index (κ1) is 17.0. The van der Waals surface area contributed by atoms with Gasteiger partial charge in [0.1, 0.15) is 5.75 Å². The van der Waals surface area contributed by atoms with E-state index in [-0.39, 0.29) is 11.8 Å². The van der Waals surface area contributed by atoms with Crippen LogP contribution in [0, 0.1) is 0 Å². The topological polar surface area (TPSA) is 58.6 Å². The van der Waals surface area contributed by atoms with Gasteiger partial charge in [-0.3, -0.25) is 9.59 Å². The molecule has 0 aliphatic carbocycles. The number of ether oxygens (including phenoxy) is 1. The monoisotopic (exact) mass is 338 g/mol. The van der Waals surface area contributed by atoms with Crippen LogP contribution in [0.25, 0.3) is 0 Å². The summed E-state index contributed by atoms with van der Waals surface area (Å²) in [6, 6.07) is 14.8. The molecule has 2 amide bonds. The average molecular weight is 338 g/mol. The number of benzene rings is 2. The Labute approximate surface area is 147 Å². The molecule has 1 aliphatic rings. The maximum Gasteiger partial charge on any atom is 0.251 e. The highest BCUT2D eigenvalue weighted by Crippen LogP contribution is 2.21. The number of piperidine rings is 1. The van der Waals surface area contributed by atoms with Crippen molar-refractivity contribution >= 4 is 17.5 Å². The quantitative estimate of drug-likeness (QED) is 0.911. The van der Waals surface area contributed by atoms with E-state index in [1.807, 2.05) is 36.4 Å². The first-order valence-electron chi connectivity index (χ1n) is 8.49. The third-order valence-electron chi connectivity index (χ3n) is 4.40. The summed E-state index contributed by atoms with van der Waals surface area (Å²) in [6.07, 6.45) is 2.58. The highest BCUT2D eigenvalue weighted by Gasteiger charge is 2.19. The van der Waals surface area contributed by atoms with Crippen molar-refractivity contribution in [2.24, 2.45) is 0 Å². The van der Waals surface area contributed by atoms with Crippen LogP contribution in [0.5, 0.6) is 5.75 Å². The number of anilines is 1. The second-order valence-electron chi connectivity index (χ2n) is 6.04. The third-order valence-corrected chi connectivity index (χ3v) is 4.40. The number of methoxy groups -OCH3 is 1. The number of carbonyl (C=O) groups is 2. The first-order valence-corrected chi connectivity index (χ1v) is 8.49. The molecule has 0 radical (unpaired) electrons. The summed E-state index contributed by atoms with van der Waals surface area (Å²) >= 11 is 0. The van der Waals surface area contributed by atoms with Crippen LogP contribution in [0.3, 0.4) is 0 Å². The summed E-state index contributed by atoms with van der Waals surface area (Å²) in [6.45, 7) is 1.15. The van der Waals surface area contributed by atoms with Gasteiger partial charge < -0.3 is 15.0 Å². The van der Waals surface area contributed by atoms with E-state index in [0.29, 0.717) is 18.5 Å². The van der Waals surface area contributed by atoms with Crippen molar-refractivity contribution in [3.63, 3.8) is 0 Å². The van der Waals surface area contributed by atoms with Crippen LogP contribution in [-0.2, 0) is 11.3 Å². The van der Waals surface area contributed by atoms with Gasteiger partial charge in [0.2, 0.25) is 5.91 Å². The van der Waals surface area contributed by atoms with Gasteiger partial charge >= 0.3 is 0 Å². The van der Waals surface area contributed by atoms with Crippen LogP contribution in [0.15, 0.2) is 48.5 Å². The third kappa shape index (κ3) is 3.99. The number of para-hydroxylation sites is 1. The lowest BCUT2D eigenvalue weighted by Gasteiger charge is -2.26. The van der Waals surface area contributed by atoms with E-state index >= 15 is 0 Å². The van der Waals surface area contributed by atoms with E-state index in [4.69, 9.17) is 4.74 Å². The van der Waals surface area contributed by atoms with E-state index in [2.05, 4.69) is 5.32 Å². The minimum Gasteiger partial charge on any atom is -0.496 e. The SMILES string of the molecule is COc1ccccc1CNC(=O)c1ccc(N2CCCCC2=O)cc1. The lowest BCUT2D eigenvalue weighted by atomic mass is 10.1. The Kier molecular flexibility index (Phi) is 5.33. The molecule has 2 aromatic carbocycles. The molecule has 1 N–H and O–H groups in total. The normalized spacial score (nSPS) is 14.3. The Balaban J connectivity index is 1.63. The summed E-state index contributed by atoms with van der Waals surface area (Å²) in [7, 11) is 1.61. The number of carbonyl (C=O) groups excluding carboxylic acids is 2. The molecule has 1 aliphatic heterocycles. The van der Waals surface area contributed by atoms with Crippen molar-refractivity contribution in [3.8, 4) is 5.75 Å². The van der Waals surface area contributed by atoms with Gasteiger partial charge in [0.05, 0.1) is 7.11 Å². The number of rotatable bonds is 5. The molecule has 25 heavy (non-hydrogen) atoms. The molecule has 0 saturated carbocycles. The largest absolute Gasteiger partial charge is 0.496 e. The Morgan fingerprint density at radius 3 is 2.60 bits per heavy atom. The zero-order valence-electron chi connectivity index (χ0n) is 14.3. The highest BCUT2D eigenvalue weighted by molar-refractivity contribution is 5.96. The van der Waals surface area contributed by atoms with Crippen LogP contribution in [0.4, 0.5) is 5.69 Å². The zero-order valence-corrected chi connectivity index (χ0v) is 14.3. The number of nitrogens with one attached hydrogen (secondary N) is 1. The summed E-state index contributed by atoms with van der Waals surface area (Å²) in [5, 5.41) is 2.90. The molecular weight excluding hydrogens is 316 g/mol. The van der Waals surface area contributed by atoms with Gasteiger partial charge in [-0.1, -0.05) is 18.2 Å². The number of hydrogen-bond donors (Lipinski definition) is 1. The van der Waals surface area contributed by atoms with Crippen molar-refractivity contribution in [1.82, 2.24) is 5.32 Å². The minimum absolute atomic E-state index is 0.151. The van der Waals surface area contributed by atoms with Gasteiger partial charge in [0, 0.05) is 36.3 Å². The molecule has 130 valence electrons.